The first-order valence-electron chi connectivity index (χ1n) is 8.41. The molecule has 0 aliphatic carbocycles. The molecule has 1 aliphatic heterocycles. The van der Waals surface area contributed by atoms with Crippen molar-refractivity contribution in [2.75, 3.05) is 35.7 Å². The zero-order valence-corrected chi connectivity index (χ0v) is 14.5. The summed E-state index contributed by atoms with van der Waals surface area (Å²) < 4.78 is 11.0. The van der Waals surface area contributed by atoms with Gasteiger partial charge in [-0.25, -0.2) is 0 Å². The van der Waals surface area contributed by atoms with Gasteiger partial charge in [0, 0.05) is 43.0 Å². The second kappa shape index (κ2) is 8.24. The van der Waals surface area contributed by atoms with Gasteiger partial charge in [0.2, 0.25) is 11.8 Å². The number of fused-ring (bicyclic) bond motifs is 1. The summed E-state index contributed by atoms with van der Waals surface area (Å²) in [6.45, 7) is 3.01. The zero-order valence-electron chi connectivity index (χ0n) is 14.5. The van der Waals surface area contributed by atoms with Crippen molar-refractivity contribution in [3.05, 3.63) is 42.5 Å². The van der Waals surface area contributed by atoms with Crippen LogP contribution in [-0.2, 0) is 9.59 Å². The molecule has 2 aromatic rings. The van der Waals surface area contributed by atoms with Crippen molar-refractivity contribution in [2.24, 2.45) is 0 Å². The van der Waals surface area contributed by atoms with Crippen LogP contribution >= 0.6 is 0 Å². The van der Waals surface area contributed by atoms with Crippen LogP contribution < -0.4 is 25.4 Å². The monoisotopic (exact) mass is 355 g/mol. The summed E-state index contributed by atoms with van der Waals surface area (Å²) >= 11 is 0. The summed E-state index contributed by atoms with van der Waals surface area (Å²) in [6.07, 6.45) is 0.321. The first kappa shape index (κ1) is 17.6. The van der Waals surface area contributed by atoms with Crippen LogP contribution in [0, 0.1) is 0 Å². The first-order valence-corrected chi connectivity index (χ1v) is 8.41. The largest absolute Gasteiger partial charge is 0.486 e. The van der Waals surface area contributed by atoms with E-state index >= 15 is 0 Å². The molecule has 0 bridgehead atoms. The maximum Gasteiger partial charge on any atom is 0.226 e. The molecule has 1 heterocycles. The third-order valence-electron chi connectivity index (χ3n) is 3.71. The van der Waals surface area contributed by atoms with E-state index in [-0.39, 0.29) is 11.8 Å². The molecule has 0 saturated heterocycles. The van der Waals surface area contributed by atoms with Crippen LogP contribution in [0.1, 0.15) is 13.3 Å². The Bertz CT molecular complexity index is 790. The fourth-order valence-electron chi connectivity index (χ4n) is 2.54. The number of carbonyl (C=O) groups excluding carboxylic acids is 2. The number of benzene rings is 2. The van der Waals surface area contributed by atoms with E-state index in [4.69, 9.17) is 9.47 Å². The molecule has 0 saturated carbocycles. The van der Waals surface area contributed by atoms with Crippen molar-refractivity contribution < 1.29 is 19.1 Å². The van der Waals surface area contributed by atoms with Crippen molar-refractivity contribution in [3.8, 4) is 11.5 Å². The van der Waals surface area contributed by atoms with Crippen LogP contribution in [0.25, 0.3) is 0 Å². The summed E-state index contributed by atoms with van der Waals surface area (Å²) in [5.74, 6) is 1.13. The Hall–Kier alpha value is -3.22. The topological polar surface area (TPSA) is 88.7 Å². The molecule has 3 rings (SSSR count). The lowest BCUT2D eigenvalue weighted by Crippen LogP contribution is -2.18. The SMILES string of the molecule is CC(=O)Nc1ccc(NCCC(=O)Nc2ccc3c(c2)OCCO3)cc1. The van der Waals surface area contributed by atoms with Gasteiger partial charge in [-0.2, -0.15) is 0 Å². The molecule has 7 heteroatoms. The smallest absolute Gasteiger partial charge is 0.226 e. The number of hydrogen-bond acceptors (Lipinski definition) is 5. The fraction of sp³-hybridized carbons (Fsp3) is 0.263. The van der Waals surface area contributed by atoms with Crippen molar-refractivity contribution in [1.82, 2.24) is 0 Å². The lowest BCUT2D eigenvalue weighted by Gasteiger charge is -2.19. The van der Waals surface area contributed by atoms with Crippen LogP contribution in [0.3, 0.4) is 0 Å². The van der Waals surface area contributed by atoms with Gasteiger partial charge < -0.3 is 25.4 Å². The predicted molar refractivity (Wildman–Crippen MR) is 99.9 cm³/mol. The van der Waals surface area contributed by atoms with Gasteiger partial charge in [-0.05, 0) is 36.4 Å². The number of carbonyl (C=O) groups is 2. The normalized spacial score (nSPS) is 12.2. The third kappa shape index (κ3) is 4.89. The number of nitrogens with one attached hydrogen (secondary N) is 3. The Morgan fingerprint density at radius 3 is 2.27 bits per heavy atom. The van der Waals surface area contributed by atoms with Gasteiger partial charge in [-0.3, -0.25) is 9.59 Å². The van der Waals surface area contributed by atoms with Crippen molar-refractivity contribution >= 4 is 28.9 Å². The van der Waals surface area contributed by atoms with E-state index < -0.39 is 0 Å². The average Bonchev–Trinajstić information content (AvgIpc) is 2.62. The van der Waals surface area contributed by atoms with Gasteiger partial charge in [0.05, 0.1) is 0 Å². The number of anilines is 3. The molecule has 2 amide bonds. The Morgan fingerprint density at radius 1 is 0.885 bits per heavy atom. The number of ether oxygens (including phenoxy) is 2. The molecule has 2 aromatic carbocycles. The van der Waals surface area contributed by atoms with Crippen LogP contribution in [0.2, 0.25) is 0 Å². The van der Waals surface area contributed by atoms with Gasteiger partial charge >= 0.3 is 0 Å². The van der Waals surface area contributed by atoms with Crippen molar-refractivity contribution in [1.29, 1.82) is 0 Å². The van der Waals surface area contributed by atoms with Crippen molar-refractivity contribution in [3.63, 3.8) is 0 Å². The number of rotatable bonds is 6. The second-order valence-electron chi connectivity index (χ2n) is 5.84. The lowest BCUT2D eigenvalue weighted by molar-refractivity contribution is -0.116. The van der Waals surface area contributed by atoms with Gasteiger partial charge in [0.15, 0.2) is 11.5 Å². The fourth-order valence-corrected chi connectivity index (χ4v) is 2.54. The Labute approximate surface area is 151 Å². The Balaban J connectivity index is 1.45. The molecule has 1 aliphatic rings. The highest BCUT2D eigenvalue weighted by molar-refractivity contribution is 5.91. The van der Waals surface area contributed by atoms with E-state index in [0.717, 1.165) is 11.4 Å². The maximum absolute atomic E-state index is 12.1. The molecule has 136 valence electrons. The molecule has 0 atom stereocenters. The minimum atomic E-state index is -0.110. The molecule has 0 radical (unpaired) electrons. The molecule has 0 aromatic heterocycles. The lowest BCUT2D eigenvalue weighted by atomic mass is 10.2. The summed E-state index contributed by atoms with van der Waals surface area (Å²) in [6, 6.07) is 12.7. The van der Waals surface area contributed by atoms with E-state index in [1.807, 2.05) is 12.1 Å². The standard InChI is InChI=1S/C19H21N3O4/c1-13(23)21-15-4-2-14(3-5-15)20-9-8-19(24)22-16-6-7-17-18(12-16)26-11-10-25-17/h2-7,12,20H,8-11H2,1H3,(H,21,23)(H,22,24). The molecule has 7 nitrogen and oxygen atoms in total. The molecule has 0 spiro atoms. The molecular weight excluding hydrogens is 334 g/mol. The molecule has 0 unspecified atom stereocenters. The second-order valence-corrected chi connectivity index (χ2v) is 5.84. The highest BCUT2D eigenvalue weighted by Gasteiger charge is 2.12. The van der Waals surface area contributed by atoms with Crippen LogP contribution in [0.4, 0.5) is 17.1 Å². The van der Waals surface area contributed by atoms with E-state index in [9.17, 15) is 9.59 Å². The summed E-state index contributed by atoms with van der Waals surface area (Å²) in [5.41, 5.74) is 2.30. The zero-order chi connectivity index (χ0) is 18.4. The van der Waals surface area contributed by atoms with E-state index in [1.54, 1.807) is 30.3 Å². The molecule has 26 heavy (non-hydrogen) atoms. The van der Waals surface area contributed by atoms with Gasteiger partial charge in [-0.1, -0.05) is 0 Å². The summed E-state index contributed by atoms with van der Waals surface area (Å²) in [5, 5.41) is 8.73. The highest BCUT2D eigenvalue weighted by Crippen LogP contribution is 2.32. The highest BCUT2D eigenvalue weighted by atomic mass is 16.6. The van der Waals surface area contributed by atoms with Gasteiger partial charge in [0.25, 0.3) is 0 Å². The van der Waals surface area contributed by atoms with Crippen molar-refractivity contribution in [2.45, 2.75) is 13.3 Å². The quantitative estimate of drug-likeness (QED) is 0.741. The minimum Gasteiger partial charge on any atom is -0.486 e. The molecule has 3 N–H and O–H groups in total. The first-order chi connectivity index (χ1) is 12.6. The van der Waals surface area contributed by atoms with Crippen LogP contribution in [-0.4, -0.2) is 31.6 Å². The Kier molecular flexibility index (Phi) is 5.58. The summed E-state index contributed by atoms with van der Waals surface area (Å²) in [4.78, 5) is 23.1. The van der Waals surface area contributed by atoms with Crippen LogP contribution in [0.5, 0.6) is 11.5 Å². The number of hydrogen-bond donors (Lipinski definition) is 3. The number of amides is 2. The average molecular weight is 355 g/mol. The summed E-state index contributed by atoms with van der Waals surface area (Å²) in [7, 11) is 0. The van der Waals surface area contributed by atoms with E-state index in [2.05, 4.69) is 16.0 Å². The molecular formula is C19H21N3O4. The Morgan fingerprint density at radius 2 is 1.54 bits per heavy atom. The van der Waals surface area contributed by atoms with Gasteiger partial charge in [-0.15, -0.1) is 0 Å². The van der Waals surface area contributed by atoms with E-state index in [1.165, 1.54) is 6.92 Å². The minimum absolute atomic E-state index is 0.0935. The third-order valence-corrected chi connectivity index (χ3v) is 3.71. The predicted octanol–water partition coefficient (Wildman–Crippen LogP) is 2.86. The van der Waals surface area contributed by atoms with Crippen LogP contribution in [0.15, 0.2) is 42.5 Å². The maximum atomic E-state index is 12.1. The molecule has 0 fully saturated rings. The van der Waals surface area contributed by atoms with Gasteiger partial charge in [0.1, 0.15) is 13.2 Å². The van der Waals surface area contributed by atoms with E-state index in [0.29, 0.717) is 43.4 Å².